The standard InChI is InChI=1S/C22H34FN3O7/c1-11-8-21(29,10-26-9-12-4-6-13(23)7-5-12)22(30)20(31-11)32-19-17(28)14(24-2)16(27)15(25-3)18(19)33-22/h4-7,11,14-20,24-30H,8-10H2,1-3H3/t11-,14-,15+,16+,17+,18?,19?,20?,21-,22-/m1/s1. The number of hydrogen-bond donors (Lipinski definition) is 7. The monoisotopic (exact) mass is 471 g/mol. The number of rotatable bonds is 6. The summed E-state index contributed by atoms with van der Waals surface area (Å²) in [7, 11) is 3.25. The lowest BCUT2D eigenvalue weighted by Gasteiger charge is -2.60. The van der Waals surface area contributed by atoms with Gasteiger partial charge in [-0.1, -0.05) is 12.1 Å². The van der Waals surface area contributed by atoms with Gasteiger partial charge in [0.2, 0.25) is 12.1 Å². The second-order valence-corrected chi connectivity index (χ2v) is 9.23. The molecular formula is C22H34FN3O7. The zero-order valence-corrected chi connectivity index (χ0v) is 18.9. The first-order chi connectivity index (χ1) is 15.6. The van der Waals surface area contributed by atoms with Crippen LogP contribution in [0.2, 0.25) is 0 Å². The fourth-order valence-corrected chi connectivity index (χ4v) is 5.24. The topological polar surface area (TPSA) is 145 Å². The number of fused-ring (bicyclic) bond motifs is 2. The number of hydrogen-bond acceptors (Lipinski definition) is 10. The molecule has 33 heavy (non-hydrogen) atoms. The van der Waals surface area contributed by atoms with Gasteiger partial charge in [-0.15, -0.1) is 0 Å². The smallest absolute Gasteiger partial charge is 0.249 e. The molecule has 4 rings (SSSR count). The first kappa shape index (κ1) is 24.9. The molecule has 1 saturated carbocycles. The van der Waals surface area contributed by atoms with E-state index in [0.717, 1.165) is 5.56 Å². The van der Waals surface area contributed by atoms with E-state index in [9.17, 15) is 24.8 Å². The molecule has 0 spiro atoms. The minimum absolute atomic E-state index is 0.0473. The Morgan fingerprint density at radius 3 is 2.30 bits per heavy atom. The van der Waals surface area contributed by atoms with Crippen LogP contribution in [0.5, 0.6) is 0 Å². The lowest BCUT2D eigenvalue weighted by atomic mass is 9.77. The maximum Gasteiger partial charge on any atom is 0.249 e. The van der Waals surface area contributed by atoms with Crippen LogP contribution in [-0.2, 0) is 20.8 Å². The number of ether oxygens (including phenoxy) is 3. The largest absolute Gasteiger partial charge is 0.390 e. The molecule has 0 amide bonds. The van der Waals surface area contributed by atoms with E-state index in [0.29, 0.717) is 6.54 Å². The quantitative estimate of drug-likeness (QED) is 0.253. The van der Waals surface area contributed by atoms with E-state index in [1.807, 2.05) is 0 Å². The molecule has 10 nitrogen and oxygen atoms in total. The third kappa shape index (κ3) is 4.31. The molecule has 2 heterocycles. The molecule has 2 aliphatic heterocycles. The Bertz CT molecular complexity index is 820. The van der Waals surface area contributed by atoms with Gasteiger partial charge >= 0.3 is 0 Å². The predicted molar refractivity (Wildman–Crippen MR) is 114 cm³/mol. The fraction of sp³-hybridized carbons (Fsp3) is 0.727. The Morgan fingerprint density at radius 1 is 1.00 bits per heavy atom. The van der Waals surface area contributed by atoms with Crippen molar-refractivity contribution in [2.45, 2.75) is 80.2 Å². The van der Waals surface area contributed by atoms with Gasteiger partial charge in [0.15, 0.2) is 0 Å². The van der Waals surface area contributed by atoms with Crippen LogP contribution in [0.3, 0.4) is 0 Å². The number of benzene rings is 1. The van der Waals surface area contributed by atoms with Crippen LogP contribution in [0.1, 0.15) is 18.9 Å². The van der Waals surface area contributed by atoms with E-state index in [2.05, 4.69) is 16.0 Å². The molecule has 1 aromatic rings. The SMILES string of the molecule is CN[C@@H]1[C@H](O)[C@H](NC)C2O[C@]3(O)C(OC2[C@H]1O)O[C@H](C)C[C@@]3(O)CNCc1ccc(F)cc1. The Kier molecular flexibility index (Phi) is 7.10. The number of aliphatic hydroxyl groups excluding tert-OH is 2. The normalized spacial score (nSPS) is 45.3. The summed E-state index contributed by atoms with van der Waals surface area (Å²) in [5.74, 6) is -2.61. The minimum atomic E-state index is -2.27. The van der Waals surface area contributed by atoms with Crippen LogP contribution >= 0.6 is 0 Å². The number of nitrogens with one attached hydrogen (secondary N) is 3. The van der Waals surface area contributed by atoms with Crippen molar-refractivity contribution >= 4 is 0 Å². The van der Waals surface area contributed by atoms with Crippen LogP contribution in [-0.4, -0.2) is 101 Å². The Balaban J connectivity index is 1.56. The highest BCUT2D eigenvalue weighted by Gasteiger charge is 2.68. The summed E-state index contributed by atoms with van der Waals surface area (Å²) >= 11 is 0. The molecular weight excluding hydrogens is 437 g/mol. The van der Waals surface area contributed by atoms with Gasteiger partial charge in [-0.3, -0.25) is 0 Å². The summed E-state index contributed by atoms with van der Waals surface area (Å²) in [6.07, 6.45) is -5.87. The highest BCUT2D eigenvalue weighted by Crippen LogP contribution is 2.46. The summed E-state index contributed by atoms with van der Waals surface area (Å²) in [5, 5.41) is 53.7. The van der Waals surface area contributed by atoms with Crippen molar-refractivity contribution in [3.8, 4) is 0 Å². The van der Waals surface area contributed by atoms with Gasteiger partial charge in [0.05, 0.1) is 24.3 Å². The summed E-state index contributed by atoms with van der Waals surface area (Å²) < 4.78 is 31.0. The van der Waals surface area contributed by atoms with E-state index in [4.69, 9.17) is 14.2 Å². The number of aliphatic hydroxyl groups is 4. The van der Waals surface area contributed by atoms with Gasteiger partial charge in [0.25, 0.3) is 0 Å². The van der Waals surface area contributed by atoms with Crippen LogP contribution in [0.4, 0.5) is 4.39 Å². The highest BCUT2D eigenvalue weighted by atomic mass is 19.1. The van der Waals surface area contributed by atoms with Crippen molar-refractivity contribution in [1.29, 1.82) is 0 Å². The molecule has 1 aliphatic carbocycles. The summed E-state index contributed by atoms with van der Waals surface area (Å²) in [5.41, 5.74) is -1.01. The summed E-state index contributed by atoms with van der Waals surface area (Å²) in [4.78, 5) is 0. The second-order valence-electron chi connectivity index (χ2n) is 9.23. The van der Waals surface area contributed by atoms with Gasteiger partial charge in [-0.05, 0) is 38.7 Å². The van der Waals surface area contributed by atoms with Crippen molar-refractivity contribution in [2.24, 2.45) is 0 Å². The molecule has 7 N–H and O–H groups in total. The Hall–Kier alpha value is -1.25. The van der Waals surface area contributed by atoms with Crippen molar-refractivity contribution in [2.75, 3.05) is 20.6 Å². The van der Waals surface area contributed by atoms with Crippen LogP contribution in [0.15, 0.2) is 24.3 Å². The highest BCUT2D eigenvalue weighted by molar-refractivity contribution is 5.16. The van der Waals surface area contributed by atoms with Crippen LogP contribution < -0.4 is 16.0 Å². The van der Waals surface area contributed by atoms with E-state index < -0.39 is 60.3 Å². The molecule has 0 aromatic heterocycles. The zero-order chi connectivity index (χ0) is 24.0. The van der Waals surface area contributed by atoms with Crippen molar-refractivity contribution in [3.05, 3.63) is 35.6 Å². The fourth-order valence-electron chi connectivity index (χ4n) is 5.24. The molecule has 11 heteroatoms. The van der Waals surface area contributed by atoms with Gasteiger partial charge in [-0.2, -0.15) is 0 Å². The van der Waals surface area contributed by atoms with E-state index in [-0.39, 0.29) is 18.8 Å². The first-order valence-corrected chi connectivity index (χ1v) is 11.2. The summed E-state index contributed by atoms with van der Waals surface area (Å²) in [6.45, 7) is 2.00. The molecule has 0 radical (unpaired) electrons. The number of halogens is 1. The van der Waals surface area contributed by atoms with Gasteiger partial charge in [0, 0.05) is 19.5 Å². The lowest BCUT2D eigenvalue weighted by Crippen LogP contribution is -2.81. The third-order valence-electron chi connectivity index (χ3n) is 7.01. The van der Waals surface area contributed by atoms with E-state index in [1.165, 1.54) is 12.1 Å². The first-order valence-electron chi connectivity index (χ1n) is 11.2. The molecule has 0 bridgehead atoms. The third-order valence-corrected chi connectivity index (χ3v) is 7.01. The van der Waals surface area contributed by atoms with Crippen molar-refractivity contribution in [1.82, 2.24) is 16.0 Å². The average molecular weight is 472 g/mol. The van der Waals surface area contributed by atoms with E-state index in [1.54, 1.807) is 33.2 Å². The van der Waals surface area contributed by atoms with Crippen molar-refractivity contribution in [3.63, 3.8) is 0 Å². The maximum absolute atomic E-state index is 13.2. The lowest BCUT2D eigenvalue weighted by molar-refractivity contribution is -0.482. The molecule has 3 fully saturated rings. The average Bonchev–Trinajstić information content (AvgIpc) is 2.76. The summed E-state index contributed by atoms with van der Waals surface area (Å²) in [6, 6.07) is 4.55. The van der Waals surface area contributed by atoms with Crippen LogP contribution in [0.25, 0.3) is 0 Å². The second kappa shape index (κ2) is 9.42. The Labute approximate surface area is 192 Å². The van der Waals surface area contributed by atoms with Gasteiger partial charge in [0.1, 0.15) is 29.7 Å². The predicted octanol–water partition coefficient (Wildman–Crippen LogP) is -1.83. The van der Waals surface area contributed by atoms with Gasteiger partial charge in [-0.25, -0.2) is 4.39 Å². The molecule has 2 saturated heterocycles. The molecule has 10 atom stereocenters. The zero-order valence-electron chi connectivity index (χ0n) is 18.9. The molecule has 3 unspecified atom stereocenters. The van der Waals surface area contributed by atoms with Crippen molar-refractivity contribution < 1.29 is 39.0 Å². The minimum Gasteiger partial charge on any atom is -0.390 e. The van der Waals surface area contributed by atoms with Gasteiger partial charge < -0.3 is 50.6 Å². The molecule has 186 valence electrons. The van der Waals surface area contributed by atoms with E-state index >= 15 is 0 Å². The van der Waals surface area contributed by atoms with Crippen LogP contribution in [0, 0.1) is 5.82 Å². The number of likely N-dealkylation sites (N-methyl/N-ethyl adjacent to an activating group) is 2. The molecule has 3 aliphatic rings. The maximum atomic E-state index is 13.2. The Morgan fingerprint density at radius 2 is 1.67 bits per heavy atom. The molecule has 1 aromatic carbocycles.